The van der Waals surface area contributed by atoms with Gasteiger partial charge in [-0.25, -0.2) is 8.78 Å². The van der Waals surface area contributed by atoms with Gasteiger partial charge >= 0.3 is 0 Å². The van der Waals surface area contributed by atoms with Crippen molar-refractivity contribution in [3.8, 4) is 17.3 Å². The minimum absolute atomic E-state index is 0.160. The minimum atomic E-state index is -0.475. The molecule has 0 aliphatic heterocycles. The van der Waals surface area contributed by atoms with Gasteiger partial charge in [0.15, 0.2) is 11.5 Å². The summed E-state index contributed by atoms with van der Waals surface area (Å²) in [6, 6.07) is 14.6. The van der Waals surface area contributed by atoms with Crippen molar-refractivity contribution < 1.29 is 18.3 Å². The summed E-state index contributed by atoms with van der Waals surface area (Å²) in [6.07, 6.45) is 0. The normalized spacial score (nSPS) is 10.8. The highest BCUT2D eigenvalue weighted by molar-refractivity contribution is 5.94. The quantitative estimate of drug-likeness (QED) is 0.508. The highest BCUT2D eigenvalue weighted by Gasteiger charge is 2.11. The predicted molar refractivity (Wildman–Crippen MR) is 100 cm³/mol. The summed E-state index contributed by atoms with van der Waals surface area (Å²) in [5.74, 6) is -0.461. The van der Waals surface area contributed by atoms with Crippen molar-refractivity contribution in [2.24, 2.45) is 0 Å². The molecule has 2 aromatic carbocycles. The van der Waals surface area contributed by atoms with Crippen LogP contribution in [0.5, 0.6) is 5.88 Å². The fraction of sp³-hybridized carbons (Fsp3) is 0.100. The zero-order valence-corrected chi connectivity index (χ0v) is 15.0. The summed E-state index contributed by atoms with van der Waals surface area (Å²) in [5, 5.41) is 15.1. The molecule has 0 atom stereocenters. The summed E-state index contributed by atoms with van der Waals surface area (Å²) in [6.45, 7) is 0.371. The zero-order valence-electron chi connectivity index (χ0n) is 15.0. The van der Waals surface area contributed by atoms with E-state index in [1.807, 2.05) is 0 Å². The molecule has 0 spiro atoms. The van der Waals surface area contributed by atoms with Crippen LogP contribution < -0.4 is 10.1 Å². The van der Waals surface area contributed by atoms with Gasteiger partial charge in [-0.2, -0.15) is 4.52 Å². The van der Waals surface area contributed by atoms with Gasteiger partial charge in [0.2, 0.25) is 5.88 Å². The summed E-state index contributed by atoms with van der Waals surface area (Å²) in [4.78, 5) is 12.0. The van der Waals surface area contributed by atoms with Crippen LogP contribution in [0.4, 0.5) is 8.78 Å². The Morgan fingerprint density at radius 2 is 1.83 bits per heavy atom. The SMILES string of the molecule is O=C(NCCOc1ccc2nnc(-c3ccc(F)cc3)n2n1)c1cccc(F)c1. The molecule has 0 radical (unpaired) electrons. The van der Waals surface area contributed by atoms with Crippen LogP contribution in [0, 0.1) is 11.6 Å². The van der Waals surface area contributed by atoms with Crippen molar-refractivity contribution in [1.82, 2.24) is 25.1 Å². The third-order valence-corrected chi connectivity index (χ3v) is 4.07. The Kier molecular flexibility index (Phi) is 5.10. The number of nitrogens with zero attached hydrogens (tertiary/aromatic N) is 4. The highest BCUT2D eigenvalue weighted by Crippen LogP contribution is 2.19. The first-order valence-corrected chi connectivity index (χ1v) is 8.75. The lowest BCUT2D eigenvalue weighted by molar-refractivity contribution is 0.0946. The van der Waals surface area contributed by atoms with Crippen LogP contribution in [-0.2, 0) is 0 Å². The van der Waals surface area contributed by atoms with Crippen molar-refractivity contribution >= 4 is 11.6 Å². The summed E-state index contributed by atoms with van der Waals surface area (Å²) in [7, 11) is 0. The van der Waals surface area contributed by atoms with Crippen LogP contribution in [0.1, 0.15) is 10.4 Å². The first-order valence-electron chi connectivity index (χ1n) is 8.75. The van der Waals surface area contributed by atoms with Crippen molar-refractivity contribution in [2.45, 2.75) is 0 Å². The lowest BCUT2D eigenvalue weighted by atomic mass is 10.2. The van der Waals surface area contributed by atoms with Crippen molar-refractivity contribution in [3.05, 3.63) is 77.9 Å². The molecule has 2 aromatic heterocycles. The molecule has 1 amide bonds. The molecule has 4 aromatic rings. The molecule has 146 valence electrons. The third kappa shape index (κ3) is 4.18. The smallest absolute Gasteiger partial charge is 0.251 e. The van der Waals surface area contributed by atoms with Crippen LogP contribution in [0.3, 0.4) is 0 Å². The molecule has 1 N–H and O–H groups in total. The number of aromatic nitrogens is 4. The van der Waals surface area contributed by atoms with E-state index in [1.165, 1.54) is 34.8 Å². The topological polar surface area (TPSA) is 81.4 Å². The average Bonchev–Trinajstić information content (AvgIpc) is 3.15. The van der Waals surface area contributed by atoms with Crippen LogP contribution in [0.2, 0.25) is 0 Å². The number of amides is 1. The van der Waals surface area contributed by atoms with Crippen molar-refractivity contribution in [2.75, 3.05) is 13.2 Å². The molecule has 4 rings (SSSR count). The fourth-order valence-electron chi connectivity index (χ4n) is 2.68. The van der Waals surface area contributed by atoms with E-state index in [1.54, 1.807) is 24.3 Å². The van der Waals surface area contributed by atoms with E-state index in [4.69, 9.17) is 4.74 Å². The highest BCUT2D eigenvalue weighted by atomic mass is 19.1. The first-order chi connectivity index (χ1) is 14.1. The largest absolute Gasteiger partial charge is 0.475 e. The standard InChI is InChI=1S/C20H15F2N5O2/c21-15-6-4-13(5-7-15)19-25-24-17-8-9-18(26-27(17)19)29-11-10-23-20(28)14-2-1-3-16(22)12-14/h1-9,12H,10-11H2,(H,23,28). The summed E-state index contributed by atoms with van der Waals surface area (Å²) in [5.41, 5.74) is 1.40. The molecule has 29 heavy (non-hydrogen) atoms. The maximum absolute atomic E-state index is 13.2. The Hall–Kier alpha value is -3.88. The maximum atomic E-state index is 13.2. The van der Waals surface area contributed by atoms with E-state index >= 15 is 0 Å². The molecular weight excluding hydrogens is 380 g/mol. The molecule has 7 nitrogen and oxygen atoms in total. The Labute approximate surface area is 164 Å². The number of carbonyl (C=O) groups is 1. The first kappa shape index (κ1) is 18.5. The van der Waals surface area contributed by atoms with Crippen LogP contribution in [0.25, 0.3) is 17.0 Å². The summed E-state index contributed by atoms with van der Waals surface area (Å²) < 4.78 is 33.4. The monoisotopic (exact) mass is 395 g/mol. The predicted octanol–water partition coefficient (Wildman–Crippen LogP) is 2.88. The van der Waals surface area contributed by atoms with Gasteiger partial charge in [-0.1, -0.05) is 6.07 Å². The molecule has 0 unspecified atom stereocenters. The number of ether oxygens (including phenoxy) is 1. The van der Waals surface area contributed by atoms with Gasteiger partial charge in [-0.05, 0) is 48.5 Å². The molecule has 0 saturated carbocycles. The fourth-order valence-corrected chi connectivity index (χ4v) is 2.68. The Morgan fingerprint density at radius 3 is 2.62 bits per heavy atom. The number of hydrogen-bond donors (Lipinski definition) is 1. The van der Waals surface area contributed by atoms with E-state index in [0.717, 1.165) is 6.07 Å². The van der Waals surface area contributed by atoms with Crippen molar-refractivity contribution in [3.63, 3.8) is 0 Å². The number of hydrogen-bond acceptors (Lipinski definition) is 5. The number of nitrogens with one attached hydrogen (secondary N) is 1. The number of halogens is 2. The number of fused-ring (bicyclic) bond motifs is 1. The van der Waals surface area contributed by atoms with E-state index in [2.05, 4.69) is 20.6 Å². The lowest BCUT2D eigenvalue weighted by Gasteiger charge is -2.08. The lowest BCUT2D eigenvalue weighted by Crippen LogP contribution is -2.28. The third-order valence-electron chi connectivity index (χ3n) is 4.07. The second-order valence-electron chi connectivity index (χ2n) is 6.09. The van der Waals surface area contributed by atoms with Gasteiger partial charge in [-0.15, -0.1) is 15.3 Å². The Morgan fingerprint density at radius 1 is 1.00 bits per heavy atom. The molecule has 9 heteroatoms. The second-order valence-corrected chi connectivity index (χ2v) is 6.09. The van der Waals surface area contributed by atoms with E-state index in [0.29, 0.717) is 22.9 Å². The van der Waals surface area contributed by atoms with E-state index in [-0.39, 0.29) is 24.5 Å². The van der Waals surface area contributed by atoms with Gasteiger partial charge in [0, 0.05) is 17.2 Å². The molecular formula is C20H15F2N5O2. The molecule has 0 saturated heterocycles. The van der Waals surface area contributed by atoms with Crippen LogP contribution >= 0.6 is 0 Å². The molecule has 0 aliphatic carbocycles. The van der Waals surface area contributed by atoms with Gasteiger partial charge in [0.05, 0.1) is 6.54 Å². The van der Waals surface area contributed by atoms with Crippen LogP contribution in [-0.4, -0.2) is 38.9 Å². The van der Waals surface area contributed by atoms with Gasteiger partial charge in [0.1, 0.15) is 18.2 Å². The van der Waals surface area contributed by atoms with Crippen molar-refractivity contribution in [1.29, 1.82) is 0 Å². The molecule has 0 fully saturated rings. The second kappa shape index (κ2) is 8.01. The number of rotatable bonds is 6. The molecule has 0 aliphatic rings. The van der Waals surface area contributed by atoms with E-state index in [9.17, 15) is 13.6 Å². The Bertz CT molecular complexity index is 1160. The maximum Gasteiger partial charge on any atom is 0.251 e. The average molecular weight is 395 g/mol. The number of benzene rings is 2. The van der Waals surface area contributed by atoms with Crippen LogP contribution in [0.15, 0.2) is 60.7 Å². The minimum Gasteiger partial charge on any atom is -0.475 e. The van der Waals surface area contributed by atoms with Gasteiger partial charge in [-0.3, -0.25) is 4.79 Å². The molecule has 0 bridgehead atoms. The van der Waals surface area contributed by atoms with Gasteiger partial charge in [0.25, 0.3) is 5.91 Å². The van der Waals surface area contributed by atoms with Gasteiger partial charge < -0.3 is 10.1 Å². The molecule has 2 heterocycles. The number of carbonyl (C=O) groups excluding carboxylic acids is 1. The van der Waals surface area contributed by atoms with E-state index < -0.39 is 11.7 Å². The summed E-state index contributed by atoms with van der Waals surface area (Å²) >= 11 is 0. The zero-order chi connectivity index (χ0) is 20.2. The Balaban J connectivity index is 1.40.